The highest BCUT2D eigenvalue weighted by Crippen LogP contribution is 2.25. The van der Waals surface area contributed by atoms with Crippen LogP contribution in [0.5, 0.6) is 5.75 Å². The van der Waals surface area contributed by atoms with E-state index < -0.39 is 11.5 Å². The van der Waals surface area contributed by atoms with E-state index in [0.717, 1.165) is 22.3 Å². The Bertz CT molecular complexity index is 1450. The predicted octanol–water partition coefficient (Wildman–Crippen LogP) is 4.13. The lowest BCUT2D eigenvalue weighted by atomic mass is 10.0. The van der Waals surface area contributed by atoms with Crippen LogP contribution in [0.3, 0.4) is 0 Å². The summed E-state index contributed by atoms with van der Waals surface area (Å²) in [7, 11) is 0. The number of rotatable bonds is 5. The number of aliphatic hydroxyl groups is 1. The summed E-state index contributed by atoms with van der Waals surface area (Å²) in [6.07, 6.45) is 2.36. The largest absolute Gasteiger partial charge is 0.503 e. The van der Waals surface area contributed by atoms with E-state index in [2.05, 4.69) is 5.10 Å². The Morgan fingerprint density at radius 2 is 1.66 bits per heavy atom. The molecule has 0 fully saturated rings. The van der Waals surface area contributed by atoms with Crippen molar-refractivity contribution in [1.29, 1.82) is 0 Å². The van der Waals surface area contributed by atoms with Crippen LogP contribution in [-0.2, 0) is 6.42 Å². The van der Waals surface area contributed by atoms with Crippen LogP contribution >= 0.6 is 0 Å². The first-order valence-electron chi connectivity index (χ1n) is 10.3. The maximum Gasteiger partial charge on any atom is 0.223 e. The molecule has 0 aliphatic rings. The summed E-state index contributed by atoms with van der Waals surface area (Å²) in [5.74, 6) is -0.345. The topological polar surface area (TPSA) is 79.8 Å². The van der Waals surface area contributed by atoms with E-state index >= 15 is 0 Å². The van der Waals surface area contributed by atoms with Crippen LogP contribution in [0, 0.1) is 0 Å². The molecule has 0 amide bonds. The van der Waals surface area contributed by atoms with E-state index in [1.165, 1.54) is 12.3 Å². The highest BCUT2D eigenvalue weighted by molar-refractivity contribution is 5.66. The Labute approximate surface area is 184 Å². The monoisotopic (exact) mass is 423 g/mol. The van der Waals surface area contributed by atoms with Crippen molar-refractivity contribution in [1.82, 2.24) is 14.2 Å². The first-order chi connectivity index (χ1) is 15.6. The van der Waals surface area contributed by atoms with Crippen LogP contribution in [0.4, 0.5) is 0 Å². The summed E-state index contributed by atoms with van der Waals surface area (Å²) in [6, 6.07) is 26.6. The molecule has 0 radical (unpaired) electrons. The van der Waals surface area contributed by atoms with Gasteiger partial charge in [0.2, 0.25) is 5.43 Å². The van der Waals surface area contributed by atoms with Gasteiger partial charge in [0, 0.05) is 30.1 Å². The number of aromatic nitrogens is 3. The second kappa shape index (κ2) is 8.17. The van der Waals surface area contributed by atoms with Gasteiger partial charge in [-0.25, -0.2) is 4.52 Å². The van der Waals surface area contributed by atoms with E-state index in [4.69, 9.17) is 0 Å². The van der Waals surface area contributed by atoms with Crippen LogP contribution in [-0.4, -0.2) is 24.4 Å². The SMILES string of the molecule is O=c1cc(CC(O)c2cccc3ccnn23)n(-c2cccc(-c3ccccc3)c2)cc1O. The van der Waals surface area contributed by atoms with Gasteiger partial charge in [-0.2, -0.15) is 5.10 Å². The zero-order valence-corrected chi connectivity index (χ0v) is 17.2. The average molecular weight is 423 g/mol. The fourth-order valence-electron chi connectivity index (χ4n) is 3.95. The minimum Gasteiger partial charge on any atom is -0.503 e. The highest BCUT2D eigenvalue weighted by Gasteiger charge is 2.17. The maximum atomic E-state index is 12.2. The Balaban J connectivity index is 1.57. The van der Waals surface area contributed by atoms with Gasteiger partial charge in [0.05, 0.1) is 17.4 Å². The zero-order valence-electron chi connectivity index (χ0n) is 17.2. The van der Waals surface area contributed by atoms with Crippen molar-refractivity contribution in [3.63, 3.8) is 0 Å². The number of aromatic hydroxyl groups is 1. The second-order valence-corrected chi connectivity index (χ2v) is 7.64. The van der Waals surface area contributed by atoms with Gasteiger partial charge in [-0.05, 0) is 41.5 Å². The molecule has 1 unspecified atom stereocenters. The molecular formula is C26H21N3O3. The molecule has 6 nitrogen and oxygen atoms in total. The summed E-state index contributed by atoms with van der Waals surface area (Å²) in [4.78, 5) is 12.2. The third kappa shape index (κ3) is 3.68. The summed E-state index contributed by atoms with van der Waals surface area (Å²) in [5.41, 5.74) is 4.44. The fraction of sp³-hybridized carbons (Fsp3) is 0.0769. The molecular weight excluding hydrogens is 402 g/mol. The first-order valence-corrected chi connectivity index (χ1v) is 10.3. The normalized spacial score (nSPS) is 12.2. The molecule has 0 saturated carbocycles. The van der Waals surface area contributed by atoms with Gasteiger partial charge in [-0.1, -0.05) is 48.5 Å². The Morgan fingerprint density at radius 1 is 0.875 bits per heavy atom. The van der Waals surface area contributed by atoms with Gasteiger partial charge in [0.1, 0.15) is 6.10 Å². The van der Waals surface area contributed by atoms with Gasteiger partial charge in [0.15, 0.2) is 5.75 Å². The maximum absolute atomic E-state index is 12.2. The Kier molecular flexibility index (Phi) is 5.05. The van der Waals surface area contributed by atoms with Crippen molar-refractivity contribution >= 4 is 5.52 Å². The van der Waals surface area contributed by atoms with Crippen LogP contribution in [0.25, 0.3) is 22.3 Å². The van der Waals surface area contributed by atoms with E-state index in [1.807, 2.05) is 78.9 Å². The number of aliphatic hydroxyl groups excluding tert-OH is 1. The van der Waals surface area contributed by atoms with Crippen molar-refractivity contribution in [2.45, 2.75) is 12.5 Å². The molecule has 0 aliphatic heterocycles. The van der Waals surface area contributed by atoms with E-state index in [1.54, 1.807) is 15.3 Å². The second-order valence-electron chi connectivity index (χ2n) is 7.64. The van der Waals surface area contributed by atoms with E-state index in [0.29, 0.717) is 11.4 Å². The lowest BCUT2D eigenvalue weighted by Gasteiger charge is -2.18. The van der Waals surface area contributed by atoms with Gasteiger partial charge in [-0.15, -0.1) is 0 Å². The minimum absolute atomic E-state index is 0.171. The van der Waals surface area contributed by atoms with Gasteiger partial charge in [0.25, 0.3) is 0 Å². The molecule has 0 saturated heterocycles. The van der Waals surface area contributed by atoms with E-state index in [9.17, 15) is 15.0 Å². The van der Waals surface area contributed by atoms with Crippen molar-refractivity contribution in [3.8, 4) is 22.6 Å². The third-order valence-electron chi connectivity index (χ3n) is 5.54. The van der Waals surface area contributed by atoms with Gasteiger partial charge in [-0.3, -0.25) is 4.79 Å². The number of hydrogen-bond donors (Lipinski definition) is 2. The molecule has 158 valence electrons. The molecule has 3 aromatic heterocycles. The standard InChI is InChI=1S/C26H21N3O3/c30-24(23-11-5-9-20-12-13-27-29(20)23)15-22-16-25(31)26(32)17-28(22)21-10-4-8-19(14-21)18-6-2-1-3-7-18/h1-14,16-17,24,30,32H,15H2. The molecule has 5 aromatic rings. The molecule has 2 N–H and O–H groups in total. The quantitative estimate of drug-likeness (QED) is 0.445. The summed E-state index contributed by atoms with van der Waals surface area (Å²) < 4.78 is 3.43. The lowest BCUT2D eigenvalue weighted by Crippen LogP contribution is -2.15. The molecule has 5 rings (SSSR count). The van der Waals surface area contributed by atoms with Gasteiger partial charge >= 0.3 is 0 Å². The van der Waals surface area contributed by atoms with E-state index in [-0.39, 0.29) is 12.2 Å². The number of pyridine rings is 2. The summed E-state index contributed by atoms with van der Waals surface area (Å²) >= 11 is 0. The number of hydrogen-bond acceptors (Lipinski definition) is 4. The number of fused-ring (bicyclic) bond motifs is 1. The molecule has 0 bridgehead atoms. The zero-order chi connectivity index (χ0) is 22.1. The van der Waals surface area contributed by atoms with Crippen molar-refractivity contribution in [2.24, 2.45) is 0 Å². The average Bonchev–Trinajstić information content (AvgIpc) is 3.31. The molecule has 6 heteroatoms. The first kappa shape index (κ1) is 19.8. The number of nitrogens with zero attached hydrogens (tertiary/aromatic N) is 3. The molecule has 2 aromatic carbocycles. The highest BCUT2D eigenvalue weighted by atomic mass is 16.3. The fourth-order valence-corrected chi connectivity index (χ4v) is 3.95. The summed E-state index contributed by atoms with van der Waals surface area (Å²) in [5, 5.41) is 25.4. The smallest absolute Gasteiger partial charge is 0.223 e. The van der Waals surface area contributed by atoms with Crippen LogP contribution in [0.2, 0.25) is 0 Å². The summed E-state index contributed by atoms with van der Waals surface area (Å²) in [6.45, 7) is 0. The third-order valence-corrected chi connectivity index (χ3v) is 5.54. The molecule has 1 atom stereocenters. The number of benzene rings is 2. The van der Waals surface area contributed by atoms with Crippen molar-refractivity contribution in [3.05, 3.63) is 119 Å². The van der Waals surface area contributed by atoms with Gasteiger partial charge < -0.3 is 14.8 Å². The molecule has 3 heterocycles. The molecule has 32 heavy (non-hydrogen) atoms. The minimum atomic E-state index is -0.897. The van der Waals surface area contributed by atoms with Crippen molar-refractivity contribution < 1.29 is 10.2 Å². The van der Waals surface area contributed by atoms with Crippen LogP contribution < -0.4 is 5.43 Å². The predicted molar refractivity (Wildman–Crippen MR) is 123 cm³/mol. The lowest BCUT2D eigenvalue weighted by molar-refractivity contribution is 0.169. The van der Waals surface area contributed by atoms with Crippen LogP contribution in [0.1, 0.15) is 17.5 Å². The Morgan fingerprint density at radius 3 is 2.50 bits per heavy atom. The van der Waals surface area contributed by atoms with Crippen LogP contribution in [0.15, 0.2) is 102 Å². The Hall–Kier alpha value is -4.16. The molecule has 0 aliphatic carbocycles. The molecule has 0 spiro atoms. The van der Waals surface area contributed by atoms with Crippen molar-refractivity contribution in [2.75, 3.05) is 0 Å².